The van der Waals surface area contributed by atoms with Crippen LogP contribution < -0.4 is 4.74 Å². The van der Waals surface area contributed by atoms with Crippen LogP contribution >= 0.6 is 0 Å². The first-order chi connectivity index (χ1) is 10.5. The Kier molecular flexibility index (Phi) is 3.42. The van der Waals surface area contributed by atoms with Crippen molar-refractivity contribution < 1.29 is 19.7 Å². The number of aryl methyl sites for hydroxylation is 1. The van der Waals surface area contributed by atoms with E-state index in [1.54, 1.807) is 28.7 Å². The molecular formula is C16H14N2O4. The number of phenols is 1. The molecule has 1 aromatic carbocycles. The van der Waals surface area contributed by atoms with Gasteiger partial charge < -0.3 is 14.9 Å². The fourth-order valence-electron chi connectivity index (χ4n) is 2.23. The predicted octanol–water partition coefficient (Wildman–Crippen LogP) is 2.63. The van der Waals surface area contributed by atoms with Gasteiger partial charge in [-0.25, -0.2) is 9.78 Å². The molecule has 0 atom stereocenters. The first-order valence-electron chi connectivity index (χ1n) is 6.67. The van der Waals surface area contributed by atoms with Crippen LogP contribution in [0.4, 0.5) is 0 Å². The number of rotatable bonds is 4. The number of nitrogens with zero attached hydrogens (tertiary/aromatic N) is 2. The summed E-state index contributed by atoms with van der Waals surface area (Å²) in [6, 6.07) is 9.97. The van der Waals surface area contributed by atoms with Crippen molar-refractivity contribution >= 4 is 11.5 Å². The third-order valence-electron chi connectivity index (χ3n) is 3.25. The maximum Gasteiger partial charge on any atom is 0.356 e. The van der Waals surface area contributed by atoms with Crippen LogP contribution in [0.3, 0.4) is 0 Å². The number of carboxylic acids is 1. The van der Waals surface area contributed by atoms with Crippen molar-refractivity contribution in [1.29, 1.82) is 0 Å². The fraction of sp³-hybridized carbons (Fsp3) is 0.125. The summed E-state index contributed by atoms with van der Waals surface area (Å²) in [5.41, 5.74) is 1.50. The van der Waals surface area contributed by atoms with E-state index in [0.717, 1.165) is 5.56 Å². The molecule has 0 radical (unpaired) electrons. The zero-order chi connectivity index (χ0) is 15.7. The number of fused-ring (bicyclic) bond motifs is 1. The fourth-order valence-corrected chi connectivity index (χ4v) is 2.23. The Balaban J connectivity index is 1.96. The first-order valence-corrected chi connectivity index (χ1v) is 6.67. The van der Waals surface area contributed by atoms with E-state index in [0.29, 0.717) is 17.1 Å². The Bertz CT molecular complexity index is 854. The van der Waals surface area contributed by atoms with Gasteiger partial charge in [0.05, 0.1) is 5.52 Å². The monoisotopic (exact) mass is 298 g/mol. The van der Waals surface area contributed by atoms with E-state index < -0.39 is 5.97 Å². The number of phenolic OH excluding ortho intramolecular Hbond substituents is 1. The number of aromatic carboxylic acids is 1. The average Bonchev–Trinajstić information content (AvgIpc) is 2.83. The van der Waals surface area contributed by atoms with E-state index in [4.69, 9.17) is 4.74 Å². The van der Waals surface area contributed by atoms with E-state index in [-0.39, 0.29) is 18.1 Å². The molecule has 0 aliphatic carbocycles. The van der Waals surface area contributed by atoms with E-state index in [2.05, 4.69) is 4.98 Å². The molecule has 0 saturated carbocycles. The van der Waals surface area contributed by atoms with Gasteiger partial charge in [-0.15, -0.1) is 0 Å². The molecule has 6 nitrogen and oxygen atoms in total. The lowest BCUT2D eigenvalue weighted by Crippen LogP contribution is -2.01. The maximum absolute atomic E-state index is 11.3. The van der Waals surface area contributed by atoms with Crippen molar-refractivity contribution in [3.05, 3.63) is 59.7 Å². The van der Waals surface area contributed by atoms with Gasteiger partial charge in [0.25, 0.3) is 0 Å². The lowest BCUT2D eigenvalue weighted by Gasteiger charge is -2.06. The number of aromatic hydroxyl groups is 1. The Morgan fingerprint density at radius 3 is 2.86 bits per heavy atom. The topological polar surface area (TPSA) is 84.1 Å². The van der Waals surface area contributed by atoms with E-state index in [1.807, 2.05) is 19.2 Å². The van der Waals surface area contributed by atoms with Crippen LogP contribution in [0.2, 0.25) is 0 Å². The van der Waals surface area contributed by atoms with Crippen molar-refractivity contribution in [3.63, 3.8) is 0 Å². The van der Waals surface area contributed by atoms with E-state index in [1.165, 1.54) is 6.07 Å². The Morgan fingerprint density at radius 2 is 2.14 bits per heavy atom. The molecule has 0 unspecified atom stereocenters. The van der Waals surface area contributed by atoms with Crippen LogP contribution in [0, 0.1) is 6.92 Å². The smallest absolute Gasteiger partial charge is 0.356 e. The summed E-state index contributed by atoms with van der Waals surface area (Å²) in [5.74, 6) is -0.00164. The molecule has 3 rings (SSSR count). The van der Waals surface area contributed by atoms with Crippen molar-refractivity contribution in [2.75, 3.05) is 0 Å². The second kappa shape index (κ2) is 5.40. The molecule has 6 heteroatoms. The number of pyridine rings is 1. The summed E-state index contributed by atoms with van der Waals surface area (Å²) in [6.45, 7) is 2.01. The number of benzene rings is 1. The minimum Gasteiger partial charge on any atom is -0.508 e. The molecule has 0 amide bonds. The summed E-state index contributed by atoms with van der Waals surface area (Å²) < 4.78 is 7.29. The standard InChI is InChI=1S/C16H14N2O4/c1-10-5-6-13-15(16(20)21)17-14(18(13)8-10)9-22-12-4-2-3-11(19)7-12/h2-8,19H,9H2,1H3,(H,20,21). The van der Waals surface area contributed by atoms with Crippen molar-refractivity contribution in [3.8, 4) is 11.5 Å². The predicted molar refractivity (Wildman–Crippen MR) is 79.3 cm³/mol. The highest BCUT2D eigenvalue weighted by Crippen LogP contribution is 2.20. The molecule has 0 bridgehead atoms. The largest absolute Gasteiger partial charge is 0.508 e. The van der Waals surface area contributed by atoms with Crippen LogP contribution in [0.15, 0.2) is 42.6 Å². The second-order valence-electron chi connectivity index (χ2n) is 4.93. The van der Waals surface area contributed by atoms with Gasteiger partial charge in [0, 0.05) is 12.3 Å². The van der Waals surface area contributed by atoms with Crippen LogP contribution in [-0.4, -0.2) is 25.6 Å². The maximum atomic E-state index is 11.3. The summed E-state index contributed by atoms with van der Waals surface area (Å²) in [4.78, 5) is 15.4. The van der Waals surface area contributed by atoms with Gasteiger partial charge >= 0.3 is 5.97 Å². The molecule has 2 heterocycles. The molecule has 3 aromatic rings. The second-order valence-corrected chi connectivity index (χ2v) is 4.93. The zero-order valence-electron chi connectivity index (χ0n) is 11.9. The van der Waals surface area contributed by atoms with Crippen LogP contribution in [0.1, 0.15) is 21.9 Å². The highest BCUT2D eigenvalue weighted by molar-refractivity contribution is 5.93. The van der Waals surface area contributed by atoms with Gasteiger partial charge in [0.1, 0.15) is 18.1 Å². The Morgan fingerprint density at radius 1 is 1.32 bits per heavy atom. The van der Waals surface area contributed by atoms with Gasteiger partial charge in [0.2, 0.25) is 0 Å². The third kappa shape index (κ3) is 2.58. The van der Waals surface area contributed by atoms with Crippen LogP contribution in [0.25, 0.3) is 5.52 Å². The van der Waals surface area contributed by atoms with Crippen molar-refractivity contribution in [1.82, 2.24) is 9.38 Å². The summed E-state index contributed by atoms with van der Waals surface area (Å²) in [7, 11) is 0. The van der Waals surface area contributed by atoms with E-state index >= 15 is 0 Å². The molecule has 112 valence electrons. The number of aromatic nitrogens is 2. The number of hydrogen-bond acceptors (Lipinski definition) is 4. The molecular weight excluding hydrogens is 284 g/mol. The van der Waals surface area contributed by atoms with Gasteiger partial charge in [-0.2, -0.15) is 0 Å². The van der Waals surface area contributed by atoms with Gasteiger partial charge in [-0.1, -0.05) is 12.1 Å². The number of carboxylic acid groups (broad SMARTS) is 1. The number of imidazole rings is 1. The van der Waals surface area contributed by atoms with Crippen molar-refractivity contribution in [2.45, 2.75) is 13.5 Å². The molecule has 0 aliphatic rings. The molecule has 0 saturated heterocycles. The lowest BCUT2D eigenvalue weighted by atomic mass is 10.2. The number of ether oxygens (including phenoxy) is 1. The Labute approximate surface area is 126 Å². The minimum absolute atomic E-state index is 0.00508. The highest BCUT2D eigenvalue weighted by atomic mass is 16.5. The molecule has 0 fully saturated rings. The molecule has 2 aromatic heterocycles. The third-order valence-corrected chi connectivity index (χ3v) is 3.25. The molecule has 0 aliphatic heterocycles. The lowest BCUT2D eigenvalue weighted by molar-refractivity contribution is 0.0693. The SMILES string of the molecule is Cc1ccc2c(C(=O)O)nc(COc3cccc(O)c3)n2c1. The minimum atomic E-state index is -1.08. The summed E-state index contributed by atoms with van der Waals surface area (Å²) in [5, 5.41) is 18.7. The van der Waals surface area contributed by atoms with Gasteiger partial charge in [-0.3, -0.25) is 4.40 Å². The molecule has 22 heavy (non-hydrogen) atoms. The van der Waals surface area contributed by atoms with Gasteiger partial charge in [0.15, 0.2) is 11.5 Å². The van der Waals surface area contributed by atoms with E-state index in [9.17, 15) is 15.0 Å². The zero-order valence-corrected chi connectivity index (χ0v) is 11.9. The van der Waals surface area contributed by atoms with Crippen LogP contribution in [-0.2, 0) is 6.61 Å². The first kappa shape index (κ1) is 13.9. The summed E-state index contributed by atoms with van der Waals surface area (Å²) >= 11 is 0. The quantitative estimate of drug-likeness (QED) is 0.773. The molecule has 2 N–H and O–H groups in total. The summed E-state index contributed by atoms with van der Waals surface area (Å²) in [6.07, 6.45) is 1.82. The molecule has 0 spiro atoms. The van der Waals surface area contributed by atoms with Gasteiger partial charge in [-0.05, 0) is 30.7 Å². The van der Waals surface area contributed by atoms with Crippen LogP contribution in [0.5, 0.6) is 11.5 Å². The highest BCUT2D eigenvalue weighted by Gasteiger charge is 2.17. The van der Waals surface area contributed by atoms with Crippen molar-refractivity contribution in [2.24, 2.45) is 0 Å². The average molecular weight is 298 g/mol. The number of hydrogen-bond donors (Lipinski definition) is 2. The number of carbonyl (C=O) groups is 1. The Hall–Kier alpha value is -3.02. The normalized spacial score (nSPS) is 10.8.